The van der Waals surface area contributed by atoms with E-state index < -0.39 is 0 Å². The van der Waals surface area contributed by atoms with Gasteiger partial charge in [0.05, 0.1) is 13.5 Å². The minimum Gasteiger partial charge on any atom is -0.469 e. The summed E-state index contributed by atoms with van der Waals surface area (Å²) in [6.45, 7) is 2.39. The smallest absolute Gasteiger partial charge is 0.307 e. The highest BCUT2D eigenvalue weighted by Crippen LogP contribution is 2.14. The van der Waals surface area contributed by atoms with Crippen molar-refractivity contribution in [3.05, 3.63) is 11.9 Å². The first-order valence-electron chi connectivity index (χ1n) is 5.38. The van der Waals surface area contributed by atoms with Crippen molar-refractivity contribution in [3.8, 4) is 0 Å². The maximum absolute atomic E-state index is 11.0. The summed E-state index contributed by atoms with van der Waals surface area (Å²) in [5.41, 5.74) is 0. The number of aromatic nitrogens is 2. The lowest BCUT2D eigenvalue weighted by Crippen LogP contribution is -2.23. The van der Waals surface area contributed by atoms with Gasteiger partial charge in [-0.05, 0) is 6.92 Å². The van der Waals surface area contributed by atoms with E-state index in [-0.39, 0.29) is 5.97 Å². The number of rotatable bonds is 5. The maximum atomic E-state index is 11.0. The highest BCUT2D eigenvalue weighted by molar-refractivity contribution is 5.69. The molecule has 0 aliphatic rings. The molecule has 0 bridgehead atoms. The average molecular weight is 238 g/mol. The van der Waals surface area contributed by atoms with Crippen molar-refractivity contribution in [1.82, 2.24) is 9.97 Å². The predicted molar refractivity (Wildman–Crippen MR) is 66.2 cm³/mol. The molecule has 0 radical (unpaired) electrons. The normalized spacial score (nSPS) is 9.88. The first-order valence-corrected chi connectivity index (χ1v) is 5.38. The number of methoxy groups -OCH3 is 1. The van der Waals surface area contributed by atoms with Crippen molar-refractivity contribution >= 4 is 17.6 Å². The molecule has 1 aromatic rings. The van der Waals surface area contributed by atoms with E-state index >= 15 is 0 Å². The molecule has 0 fully saturated rings. The predicted octanol–water partition coefficient (Wildman–Crippen LogP) is 0.826. The highest BCUT2D eigenvalue weighted by atomic mass is 16.5. The van der Waals surface area contributed by atoms with Crippen molar-refractivity contribution in [1.29, 1.82) is 0 Å². The molecule has 0 aromatic carbocycles. The minimum absolute atomic E-state index is 0.225. The third-order valence-electron chi connectivity index (χ3n) is 2.35. The standard InChI is InChI=1S/C11H18N4O2/c1-8-13-9(12-2)7-10(14-8)15(3)6-5-11(16)17-4/h7H,5-6H2,1-4H3,(H,12,13,14). The molecule has 17 heavy (non-hydrogen) atoms. The van der Waals surface area contributed by atoms with Gasteiger partial charge in [0, 0.05) is 26.7 Å². The van der Waals surface area contributed by atoms with Crippen molar-refractivity contribution in [2.75, 3.05) is 38.0 Å². The van der Waals surface area contributed by atoms with Crippen LogP contribution in [0, 0.1) is 6.92 Å². The molecule has 1 N–H and O–H groups in total. The van der Waals surface area contributed by atoms with Gasteiger partial charge >= 0.3 is 5.97 Å². The van der Waals surface area contributed by atoms with Gasteiger partial charge in [0.25, 0.3) is 0 Å². The van der Waals surface area contributed by atoms with Crippen LogP contribution in [0.15, 0.2) is 6.07 Å². The summed E-state index contributed by atoms with van der Waals surface area (Å²) in [7, 11) is 5.07. The molecule has 0 saturated heterocycles. The Morgan fingerprint density at radius 3 is 2.82 bits per heavy atom. The summed E-state index contributed by atoms with van der Waals surface area (Å²) in [6.07, 6.45) is 0.338. The van der Waals surface area contributed by atoms with E-state index in [1.165, 1.54) is 7.11 Å². The maximum Gasteiger partial charge on any atom is 0.307 e. The number of ether oxygens (including phenoxy) is 1. The quantitative estimate of drug-likeness (QED) is 0.766. The Bertz CT molecular complexity index is 395. The number of aryl methyl sites for hydroxylation is 1. The molecule has 0 saturated carbocycles. The molecule has 0 spiro atoms. The Kier molecular flexibility index (Phi) is 4.68. The minimum atomic E-state index is -0.225. The van der Waals surface area contributed by atoms with E-state index in [9.17, 15) is 4.79 Å². The van der Waals surface area contributed by atoms with Gasteiger partial charge in [-0.25, -0.2) is 9.97 Å². The van der Waals surface area contributed by atoms with Crippen LogP contribution in [0.4, 0.5) is 11.6 Å². The SMILES string of the molecule is CNc1cc(N(C)CCC(=O)OC)nc(C)n1. The van der Waals surface area contributed by atoms with Crippen molar-refractivity contribution < 1.29 is 9.53 Å². The summed E-state index contributed by atoms with van der Waals surface area (Å²) in [4.78, 5) is 21.5. The van der Waals surface area contributed by atoms with Crippen molar-refractivity contribution in [2.45, 2.75) is 13.3 Å². The summed E-state index contributed by atoms with van der Waals surface area (Å²) < 4.78 is 4.59. The first-order chi connectivity index (χ1) is 8.06. The fourth-order valence-corrected chi connectivity index (χ4v) is 1.35. The lowest BCUT2D eigenvalue weighted by Gasteiger charge is -2.18. The lowest BCUT2D eigenvalue weighted by atomic mass is 10.4. The second-order valence-corrected chi connectivity index (χ2v) is 3.66. The molecule has 1 heterocycles. The zero-order valence-electron chi connectivity index (χ0n) is 10.6. The van der Waals surface area contributed by atoms with E-state index in [4.69, 9.17) is 0 Å². The molecule has 0 aliphatic carbocycles. The monoisotopic (exact) mass is 238 g/mol. The van der Waals surface area contributed by atoms with Gasteiger partial charge in [0.15, 0.2) is 0 Å². The van der Waals surface area contributed by atoms with Crippen LogP contribution >= 0.6 is 0 Å². The van der Waals surface area contributed by atoms with Crippen LogP contribution in [0.5, 0.6) is 0 Å². The van der Waals surface area contributed by atoms with E-state index in [0.717, 1.165) is 11.6 Å². The lowest BCUT2D eigenvalue weighted by molar-refractivity contribution is -0.140. The molecule has 0 unspecified atom stereocenters. The molecule has 6 heteroatoms. The molecule has 0 atom stereocenters. The summed E-state index contributed by atoms with van der Waals surface area (Å²) >= 11 is 0. The number of nitrogens with one attached hydrogen (secondary N) is 1. The second kappa shape index (κ2) is 6.03. The Hall–Kier alpha value is -1.85. The third kappa shape index (κ3) is 3.90. The molecule has 0 amide bonds. The van der Waals surface area contributed by atoms with Crippen LogP contribution in [-0.4, -0.2) is 43.7 Å². The zero-order valence-corrected chi connectivity index (χ0v) is 10.6. The first kappa shape index (κ1) is 13.2. The molecule has 1 aromatic heterocycles. The largest absolute Gasteiger partial charge is 0.469 e. The molecule has 6 nitrogen and oxygen atoms in total. The van der Waals surface area contributed by atoms with Gasteiger partial charge in [-0.2, -0.15) is 0 Å². The van der Waals surface area contributed by atoms with Crippen LogP contribution in [0.3, 0.4) is 0 Å². The van der Waals surface area contributed by atoms with E-state index in [0.29, 0.717) is 18.8 Å². The second-order valence-electron chi connectivity index (χ2n) is 3.66. The van der Waals surface area contributed by atoms with Gasteiger partial charge in [-0.1, -0.05) is 0 Å². The van der Waals surface area contributed by atoms with Crippen LogP contribution in [0.2, 0.25) is 0 Å². The van der Waals surface area contributed by atoms with Crippen LogP contribution < -0.4 is 10.2 Å². The molecule has 0 aliphatic heterocycles. The van der Waals surface area contributed by atoms with Gasteiger partial charge in [-0.3, -0.25) is 4.79 Å². The zero-order chi connectivity index (χ0) is 12.8. The molecule has 1 rings (SSSR count). The Morgan fingerprint density at radius 2 is 2.24 bits per heavy atom. The number of anilines is 2. The topological polar surface area (TPSA) is 67.4 Å². The van der Waals surface area contributed by atoms with E-state index in [2.05, 4.69) is 20.0 Å². The van der Waals surface area contributed by atoms with Crippen LogP contribution in [0.25, 0.3) is 0 Å². The van der Waals surface area contributed by atoms with Gasteiger partial charge in [-0.15, -0.1) is 0 Å². The number of carbonyl (C=O) groups is 1. The van der Waals surface area contributed by atoms with Gasteiger partial charge in [0.2, 0.25) is 0 Å². The van der Waals surface area contributed by atoms with Gasteiger partial charge in [0.1, 0.15) is 17.5 Å². The summed E-state index contributed by atoms with van der Waals surface area (Å²) in [6, 6.07) is 1.84. The highest BCUT2D eigenvalue weighted by Gasteiger charge is 2.08. The van der Waals surface area contributed by atoms with Crippen LogP contribution in [0.1, 0.15) is 12.2 Å². The number of esters is 1. The Balaban J connectivity index is 2.71. The third-order valence-corrected chi connectivity index (χ3v) is 2.35. The average Bonchev–Trinajstić information content (AvgIpc) is 2.34. The van der Waals surface area contributed by atoms with Crippen LogP contribution in [-0.2, 0) is 9.53 Å². The Labute approximate surface area is 101 Å². The molecular weight excluding hydrogens is 220 g/mol. The van der Waals surface area contributed by atoms with E-state index in [1.807, 2.05) is 24.9 Å². The fourth-order valence-electron chi connectivity index (χ4n) is 1.35. The number of carbonyl (C=O) groups excluding carboxylic acids is 1. The number of nitrogens with zero attached hydrogens (tertiary/aromatic N) is 3. The van der Waals surface area contributed by atoms with Crippen molar-refractivity contribution in [2.24, 2.45) is 0 Å². The number of hydrogen-bond acceptors (Lipinski definition) is 6. The fraction of sp³-hybridized carbons (Fsp3) is 0.545. The molecule has 94 valence electrons. The Morgan fingerprint density at radius 1 is 1.53 bits per heavy atom. The van der Waals surface area contributed by atoms with Gasteiger partial charge < -0.3 is 15.0 Å². The summed E-state index contributed by atoms with van der Waals surface area (Å²) in [5.74, 6) is 2.01. The van der Waals surface area contributed by atoms with E-state index in [1.54, 1.807) is 7.05 Å². The van der Waals surface area contributed by atoms with Crippen molar-refractivity contribution in [3.63, 3.8) is 0 Å². The molecular formula is C11H18N4O2. The summed E-state index contributed by atoms with van der Waals surface area (Å²) in [5, 5.41) is 2.97. The number of hydrogen-bond donors (Lipinski definition) is 1.